The molecule has 1 saturated heterocycles. The van der Waals surface area contributed by atoms with Gasteiger partial charge in [0.05, 0.1) is 11.8 Å². The molecule has 8 heteroatoms. The number of hydrogen-bond donors (Lipinski definition) is 5. The number of nitrogens with one attached hydrogen (secondary N) is 1. The average Bonchev–Trinajstić information content (AvgIpc) is 2.50. The highest BCUT2D eigenvalue weighted by Gasteiger charge is 2.44. The average molecular weight is 315 g/mol. The topological polar surface area (TPSA) is 123 Å². The van der Waals surface area contributed by atoms with Gasteiger partial charge in [0.25, 0.3) is 0 Å². The van der Waals surface area contributed by atoms with Gasteiger partial charge < -0.3 is 29.9 Å². The second-order valence-corrected chi connectivity index (χ2v) is 4.43. The number of hydrogen-bond acceptors (Lipinski definition) is 8. The fourth-order valence-corrected chi connectivity index (χ4v) is 1.80. The van der Waals surface area contributed by atoms with Gasteiger partial charge in [-0.15, -0.1) is 0 Å². The van der Waals surface area contributed by atoms with E-state index in [9.17, 15) is 15.3 Å². The Hall–Kier alpha value is -1.38. The Kier molecular flexibility index (Phi) is 7.41. The SMILES string of the molecule is N=C=S.OC[C@H]1O[C@H](Oc2ccccc2)[C@@H](O)[C@@H](O)[C@@H]1O. The number of aliphatic hydroxyl groups excluding tert-OH is 4. The van der Waals surface area contributed by atoms with Crippen LogP contribution in [0.1, 0.15) is 0 Å². The number of isothiocyanates is 1. The van der Waals surface area contributed by atoms with Crippen LogP contribution in [0.2, 0.25) is 0 Å². The first kappa shape index (κ1) is 17.7. The van der Waals surface area contributed by atoms with E-state index in [0.29, 0.717) is 5.75 Å². The van der Waals surface area contributed by atoms with Gasteiger partial charge in [-0.25, -0.2) is 5.41 Å². The summed E-state index contributed by atoms with van der Waals surface area (Å²) in [6.45, 7) is -0.473. The van der Waals surface area contributed by atoms with Gasteiger partial charge in [0.15, 0.2) is 0 Å². The maximum absolute atomic E-state index is 9.74. The molecule has 0 aromatic heterocycles. The predicted molar refractivity (Wildman–Crippen MR) is 76.2 cm³/mol. The third-order valence-electron chi connectivity index (χ3n) is 2.84. The molecule has 7 nitrogen and oxygen atoms in total. The van der Waals surface area contributed by atoms with Crippen molar-refractivity contribution >= 4 is 17.4 Å². The molecule has 0 bridgehead atoms. The van der Waals surface area contributed by atoms with Gasteiger partial charge in [-0.3, -0.25) is 0 Å². The van der Waals surface area contributed by atoms with Gasteiger partial charge in [-0.2, -0.15) is 0 Å². The molecule has 116 valence electrons. The van der Waals surface area contributed by atoms with Crippen molar-refractivity contribution in [2.24, 2.45) is 0 Å². The molecule has 1 aliphatic rings. The zero-order chi connectivity index (χ0) is 15.8. The summed E-state index contributed by atoms with van der Waals surface area (Å²) in [6.07, 6.45) is -6.28. The highest BCUT2D eigenvalue weighted by atomic mass is 32.1. The molecule has 1 aromatic carbocycles. The van der Waals surface area contributed by atoms with E-state index in [1.165, 1.54) is 0 Å². The van der Waals surface area contributed by atoms with Crippen LogP contribution in [-0.2, 0) is 4.74 Å². The summed E-state index contributed by atoms with van der Waals surface area (Å²) >= 11 is 3.81. The molecule has 0 amide bonds. The van der Waals surface area contributed by atoms with Crippen molar-refractivity contribution in [1.82, 2.24) is 0 Å². The molecular formula is C13H17NO6S. The van der Waals surface area contributed by atoms with E-state index in [2.05, 4.69) is 12.2 Å². The van der Waals surface area contributed by atoms with Crippen LogP contribution in [-0.4, -0.2) is 62.9 Å². The third kappa shape index (κ3) is 4.83. The molecule has 0 spiro atoms. The van der Waals surface area contributed by atoms with E-state index in [1.54, 1.807) is 35.5 Å². The second-order valence-electron chi connectivity index (χ2n) is 4.23. The summed E-state index contributed by atoms with van der Waals surface area (Å²) in [7, 11) is 0. The van der Waals surface area contributed by atoms with Crippen LogP contribution in [0.3, 0.4) is 0 Å². The normalized spacial score (nSPS) is 31.5. The summed E-state index contributed by atoms with van der Waals surface area (Å²) in [6, 6.07) is 8.64. The molecule has 5 atom stereocenters. The minimum Gasteiger partial charge on any atom is -0.462 e. The number of para-hydroxylation sites is 1. The Morgan fingerprint density at radius 3 is 2.24 bits per heavy atom. The first-order valence-corrected chi connectivity index (χ1v) is 6.52. The molecule has 0 saturated carbocycles. The van der Waals surface area contributed by atoms with Crippen LogP contribution < -0.4 is 4.74 Å². The lowest BCUT2D eigenvalue weighted by atomic mass is 9.99. The van der Waals surface area contributed by atoms with Crippen LogP contribution >= 0.6 is 12.2 Å². The van der Waals surface area contributed by atoms with E-state index in [0.717, 1.165) is 0 Å². The first-order valence-electron chi connectivity index (χ1n) is 6.11. The lowest BCUT2D eigenvalue weighted by Crippen LogP contribution is -2.60. The Bertz CT molecular complexity index is 451. The third-order valence-corrected chi connectivity index (χ3v) is 2.84. The van der Waals surface area contributed by atoms with Crippen molar-refractivity contribution in [2.75, 3.05) is 6.61 Å². The fraction of sp³-hybridized carbons (Fsp3) is 0.462. The predicted octanol–water partition coefficient (Wildman–Crippen LogP) is -0.467. The Balaban J connectivity index is 0.000000677. The number of benzene rings is 1. The van der Waals surface area contributed by atoms with Crippen molar-refractivity contribution in [3.63, 3.8) is 0 Å². The van der Waals surface area contributed by atoms with Crippen molar-refractivity contribution in [1.29, 1.82) is 5.41 Å². The van der Waals surface area contributed by atoms with Gasteiger partial charge in [0.1, 0.15) is 30.2 Å². The van der Waals surface area contributed by atoms with E-state index in [1.807, 2.05) is 0 Å². The van der Waals surface area contributed by atoms with E-state index in [-0.39, 0.29) is 0 Å². The maximum atomic E-state index is 9.74. The second kappa shape index (κ2) is 8.81. The van der Waals surface area contributed by atoms with Gasteiger partial charge in [-0.05, 0) is 24.4 Å². The van der Waals surface area contributed by atoms with Crippen LogP contribution in [0.4, 0.5) is 0 Å². The zero-order valence-electron chi connectivity index (χ0n) is 11.0. The molecule has 0 radical (unpaired) electrons. The molecule has 1 heterocycles. The first-order chi connectivity index (χ1) is 10.0. The van der Waals surface area contributed by atoms with Crippen LogP contribution in [0, 0.1) is 5.41 Å². The van der Waals surface area contributed by atoms with Gasteiger partial charge in [-0.1, -0.05) is 18.2 Å². The smallest absolute Gasteiger partial charge is 0.229 e. The largest absolute Gasteiger partial charge is 0.462 e. The Morgan fingerprint density at radius 1 is 1.14 bits per heavy atom. The standard InChI is InChI=1S/C12H16O6.CHNS/c13-6-8-9(14)10(15)11(16)12(18-8)17-7-4-2-1-3-5-7;2-1-3/h1-5,8-16H,6H2;2H/t8-,9-,10+,11+,12+;/m1./s1. The molecule has 1 aromatic rings. The van der Waals surface area contributed by atoms with E-state index in [4.69, 9.17) is 20.0 Å². The fourth-order valence-electron chi connectivity index (χ4n) is 1.80. The lowest BCUT2D eigenvalue weighted by molar-refractivity contribution is -0.277. The van der Waals surface area contributed by atoms with E-state index >= 15 is 0 Å². The van der Waals surface area contributed by atoms with Gasteiger partial charge >= 0.3 is 0 Å². The lowest BCUT2D eigenvalue weighted by Gasteiger charge is -2.39. The van der Waals surface area contributed by atoms with Crippen LogP contribution in [0.25, 0.3) is 0 Å². The Morgan fingerprint density at radius 2 is 1.71 bits per heavy atom. The van der Waals surface area contributed by atoms with E-state index < -0.39 is 37.3 Å². The van der Waals surface area contributed by atoms with Gasteiger partial charge in [0, 0.05) is 0 Å². The summed E-state index contributed by atoms with van der Waals surface area (Å²) in [5.74, 6) is 0.460. The molecule has 1 aliphatic heterocycles. The number of thiocarbonyl (C=S) groups is 1. The minimum atomic E-state index is -1.43. The minimum absolute atomic E-state index is 0.460. The van der Waals surface area contributed by atoms with Crippen molar-refractivity contribution in [3.05, 3.63) is 30.3 Å². The quantitative estimate of drug-likeness (QED) is 0.377. The van der Waals surface area contributed by atoms with Crippen LogP contribution in [0.5, 0.6) is 5.75 Å². The summed E-state index contributed by atoms with van der Waals surface area (Å²) in [4.78, 5) is 0. The molecule has 2 rings (SSSR count). The van der Waals surface area contributed by atoms with Crippen molar-refractivity contribution in [3.8, 4) is 5.75 Å². The van der Waals surface area contributed by atoms with Crippen molar-refractivity contribution < 1.29 is 29.9 Å². The highest BCUT2D eigenvalue weighted by molar-refractivity contribution is 7.78. The Labute approximate surface area is 126 Å². The molecule has 0 unspecified atom stereocenters. The van der Waals surface area contributed by atoms with Gasteiger partial charge in [0.2, 0.25) is 6.29 Å². The summed E-state index contributed by atoms with van der Waals surface area (Å²) < 4.78 is 10.6. The molecule has 1 fully saturated rings. The highest BCUT2D eigenvalue weighted by Crippen LogP contribution is 2.23. The number of aliphatic hydroxyl groups is 4. The molecule has 21 heavy (non-hydrogen) atoms. The maximum Gasteiger partial charge on any atom is 0.229 e. The zero-order valence-corrected chi connectivity index (χ0v) is 11.8. The van der Waals surface area contributed by atoms with Crippen molar-refractivity contribution in [2.45, 2.75) is 30.7 Å². The number of rotatable bonds is 3. The number of ether oxygens (including phenoxy) is 2. The summed E-state index contributed by atoms with van der Waals surface area (Å²) in [5, 5.41) is 45.3. The molecular weight excluding hydrogens is 298 g/mol. The molecule has 0 aliphatic carbocycles. The summed E-state index contributed by atoms with van der Waals surface area (Å²) in [5.41, 5.74) is 0. The van der Waals surface area contributed by atoms with Crippen LogP contribution in [0.15, 0.2) is 30.3 Å². The monoisotopic (exact) mass is 315 g/mol. The molecule has 5 N–H and O–H groups in total.